The summed E-state index contributed by atoms with van der Waals surface area (Å²) < 4.78 is 5.30. The van der Waals surface area contributed by atoms with Gasteiger partial charge in [-0.25, -0.2) is 4.98 Å². The molecule has 0 atom stereocenters. The van der Waals surface area contributed by atoms with E-state index in [9.17, 15) is 4.79 Å². The van der Waals surface area contributed by atoms with Crippen LogP contribution in [0.2, 0.25) is 0 Å². The summed E-state index contributed by atoms with van der Waals surface area (Å²) in [6.45, 7) is 2.31. The third-order valence-electron chi connectivity index (χ3n) is 2.92. The van der Waals surface area contributed by atoms with Crippen molar-refractivity contribution in [2.24, 2.45) is 0 Å². The fourth-order valence-electron chi connectivity index (χ4n) is 1.88. The van der Waals surface area contributed by atoms with E-state index in [2.05, 4.69) is 15.3 Å². The van der Waals surface area contributed by atoms with E-state index in [0.717, 1.165) is 10.4 Å². The summed E-state index contributed by atoms with van der Waals surface area (Å²) in [5.74, 6) is 0.486. The molecule has 106 valence electrons. The second-order valence-electron chi connectivity index (χ2n) is 4.45. The number of hydrogen-bond donors (Lipinski definition) is 1. The van der Waals surface area contributed by atoms with Crippen LogP contribution in [0.4, 0.5) is 0 Å². The summed E-state index contributed by atoms with van der Waals surface area (Å²) in [4.78, 5) is 21.4. The molecule has 0 radical (unpaired) electrons. The predicted octanol–water partition coefficient (Wildman–Crippen LogP) is 3.04. The van der Waals surface area contributed by atoms with E-state index >= 15 is 0 Å². The summed E-state index contributed by atoms with van der Waals surface area (Å²) in [5.41, 5.74) is 1.39. The molecule has 1 amide bonds. The van der Waals surface area contributed by atoms with Crippen molar-refractivity contribution >= 4 is 17.2 Å². The van der Waals surface area contributed by atoms with E-state index in [-0.39, 0.29) is 5.91 Å². The molecule has 0 aliphatic rings. The van der Waals surface area contributed by atoms with E-state index in [1.54, 1.807) is 24.7 Å². The van der Waals surface area contributed by atoms with Crippen molar-refractivity contribution in [2.45, 2.75) is 13.5 Å². The van der Waals surface area contributed by atoms with Gasteiger partial charge in [-0.3, -0.25) is 9.78 Å². The summed E-state index contributed by atoms with van der Waals surface area (Å²) >= 11 is 1.44. The maximum Gasteiger partial charge on any atom is 0.271 e. The SMILES string of the molecule is Cc1sc(-c2ccco2)nc1C(=O)NCc1cccnc1. The topological polar surface area (TPSA) is 68.0 Å². The summed E-state index contributed by atoms with van der Waals surface area (Å²) in [5, 5.41) is 3.56. The highest BCUT2D eigenvalue weighted by Crippen LogP contribution is 2.27. The maximum absolute atomic E-state index is 12.2. The number of aryl methyl sites for hydroxylation is 1. The van der Waals surface area contributed by atoms with Crippen LogP contribution in [0, 0.1) is 6.92 Å². The number of thiazole rings is 1. The van der Waals surface area contributed by atoms with Crippen LogP contribution < -0.4 is 5.32 Å². The molecule has 3 aromatic rings. The molecule has 0 aromatic carbocycles. The van der Waals surface area contributed by atoms with Crippen LogP contribution in [0.25, 0.3) is 10.8 Å². The Morgan fingerprint density at radius 3 is 3.00 bits per heavy atom. The van der Waals surface area contributed by atoms with Crippen LogP contribution in [-0.4, -0.2) is 15.9 Å². The smallest absolute Gasteiger partial charge is 0.271 e. The minimum atomic E-state index is -0.189. The molecule has 21 heavy (non-hydrogen) atoms. The number of hydrogen-bond acceptors (Lipinski definition) is 5. The van der Waals surface area contributed by atoms with E-state index in [1.165, 1.54) is 11.3 Å². The van der Waals surface area contributed by atoms with Crippen LogP contribution >= 0.6 is 11.3 Å². The Morgan fingerprint density at radius 2 is 2.29 bits per heavy atom. The Hall–Kier alpha value is -2.47. The first-order valence-electron chi connectivity index (χ1n) is 6.42. The maximum atomic E-state index is 12.2. The number of amides is 1. The molecule has 5 nitrogen and oxygen atoms in total. The van der Waals surface area contributed by atoms with Gasteiger partial charge >= 0.3 is 0 Å². The quantitative estimate of drug-likeness (QED) is 0.804. The van der Waals surface area contributed by atoms with Crippen LogP contribution in [0.1, 0.15) is 20.9 Å². The van der Waals surface area contributed by atoms with Gasteiger partial charge in [0.1, 0.15) is 5.69 Å². The van der Waals surface area contributed by atoms with Crippen molar-refractivity contribution in [2.75, 3.05) is 0 Å². The second-order valence-corrected chi connectivity index (χ2v) is 5.65. The third-order valence-corrected chi connectivity index (χ3v) is 3.90. The molecule has 0 fully saturated rings. The van der Waals surface area contributed by atoms with Crippen molar-refractivity contribution in [3.63, 3.8) is 0 Å². The van der Waals surface area contributed by atoms with Crippen LogP contribution in [0.5, 0.6) is 0 Å². The highest BCUT2D eigenvalue weighted by molar-refractivity contribution is 7.15. The average Bonchev–Trinajstić information content (AvgIpc) is 3.15. The van der Waals surface area contributed by atoms with Gasteiger partial charge in [0.25, 0.3) is 5.91 Å². The van der Waals surface area contributed by atoms with Gasteiger partial charge in [-0.1, -0.05) is 6.07 Å². The molecular weight excluding hydrogens is 286 g/mol. The molecule has 0 unspecified atom stereocenters. The zero-order chi connectivity index (χ0) is 14.7. The van der Waals surface area contributed by atoms with Gasteiger partial charge in [-0.2, -0.15) is 0 Å². The lowest BCUT2D eigenvalue weighted by molar-refractivity contribution is 0.0946. The molecular formula is C15H13N3O2S. The van der Waals surface area contributed by atoms with Gasteiger partial charge in [-0.05, 0) is 30.7 Å². The minimum absolute atomic E-state index is 0.189. The molecule has 6 heteroatoms. The van der Waals surface area contributed by atoms with Gasteiger partial charge in [-0.15, -0.1) is 11.3 Å². The first-order valence-corrected chi connectivity index (χ1v) is 7.24. The molecule has 3 heterocycles. The molecule has 0 saturated carbocycles. The normalized spacial score (nSPS) is 10.5. The molecule has 0 bridgehead atoms. The summed E-state index contributed by atoms with van der Waals surface area (Å²) in [6.07, 6.45) is 5.02. The van der Waals surface area contributed by atoms with Crippen molar-refractivity contribution in [3.05, 3.63) is 59.1 Å². The Labute approximate surface area is 125 Å². The average molecular weight is 299 g/mol. The number of nitrogens with zero attached hydrogens (tertiary/aromatic N) is 2. The number of carbonyl (C=O) groups excluding carboxylic acids is 1. The molecule has 3 rings (SSSR count). The second kappa shape index (κ2) is 5.88. The number of nitrogens with one attached hydrogen (secondary N) is 1. The van der Waals surface area contributed by atoms with E-state index in [0.29, 0.717) is 23.0 Å². The Bertz CT molecular complexity index is 736. The zero-order valence-corrected chi connectivity index (χ0v) is 12.2. The van der Waals surface area contributed by atoms with Crippen LogP contribution in [0.15, 0.2) is 47.3 Å². The van der Waals surface area contributed by atoms with E-state index in [1.807, 2.05) is 25.1 Å². The number of aromatic nitrogens is 2. The largest absolute Gasteiger partial charge is 0.462 e. The van der Waals surface area contributed by atoms with E-state index in [4.69, 9.17) is 4.42 Å². The molecule has 3 aromatic heterocycles. The van der Waals surface area contributed by atoms with E-state index < -0.39 is 0 Å². The Balaban J connectivity index is 1.73. The van der Waals surface area contributed by atoms with Crippen LogP contribution in [0.3, 0.4) is 0 Å². The number of furan rings is 1. The lowest BCUT2D eigenvalue weighted by atomic mass is 10.3. The highest BCUT2D eigenvalue weighted by Gasteiger charge is 2.17. The van der Waals surface area contributed by atoms with Gasteiger partial charge in [0, 0.05) is 23.8 Å². The van der Waals surface area contributed by atoms with Crippen molar-refractivity contribution in [1.29, 1.82) is 0 Å². The van der Waals surface area contributed by atoms with Gasteiger partial charge in [0.05, 0.1) is 6.26 Å². The Morgan fingerprint density at radius 1 is 1.38 bits per heavy atom. The fraction of sp³-hybridized carbons (Fsp3) is 0.133. The highest BCUT2D eigenvalue weighted by atomic mass is 32.1. The predicted molar refractivity (Wildman–Crippen MR) is 80.0 cm³/mol. The summed E-state index contributed by atoms with van der Waals surface area (Å²) in [6, 6.07) is 7.38. The monoisotopic (exact) mass is 299 g/mol. The van der Waals surface area contributed by atoms with Crippen molar-refractivity contribution < 1.29 is 9.21 Å². The first-order chi connectivity index (χ1) is 10.2. The molecule has 0 aliphatic heterocycles. The number of rotatable bonds is 4. The zero-order valence-electron chi connectivity index (χ0n) is 11.4. The molecule has 1 N–H and O–H groups in total. The van der Waals surface area contributed by atoms with Gasteiger partial charge in [0.2, 0.25) is 0 Å². The fourth-order valence-corrected chi connectivity index (χ4v) is 2.76. The molecule has 0 saturated heterocycles. The number of pyridine rings is 1. The Kier molecular flexibility index (Phi) is 3.79. The third kappa shape index (κ3) is 3.00. The minimum Gasteiger partial charge on any atom is -0.462 e. The molecule has 0 aliphatic carbocycles. The summed E-state index contributed by atoms with van der Waals surface area (Å²) in [7, 11) is 0. The standard InChI is InChI=1S/C15H13N3O2S/c1-10-13(18-15(21-10)12-5-3-7-20-12)14(19)17-9-11-4-2-6-16-8-11/h2-8H,9H2,1H3,(H,17,19). The van der Waals surface area contributed by atoms with Gasteiger partial charge in [0.15, 0.2) is 10.8 Å². The lowest BCUT2D eigenvalue weighted by Crippen LogP contribution is -2.23. The van der Waals surface area contributed by atoms with Crippen molar-refractivity contribution in [3.8, 4) is 10.8 Å². The van der Waals surface area contributed by atoms with Gasteiger partial charge < -0.3 is 9.73 Å². The first kappa shape index (κ1) is 13.5. The van der Waals surface area contributed by atoms with Crippen molar-refractivity contribution in [1.82, 2.24) is 15.3 Å². The lowest BCUT2D eigenvalue weighted by Gasteiger charge is -2.03. The number of carbonyl (C=O) groups is 1. The molecule has 0 spiro atoms. The van der Waals surface area contributed by atoms with Crippen LogP contribution in [-0.2, 0) is 6.54 Å².